The molecule has 2 aromatic heterocycles. The van der Waals surface area contributed by atoms with Crippen molar-refractivity contribution in [2.24, 2.45) is 0 Å². The second-order valence-corrected chi connectivity index (χ2v) is 18.0. The van der Waals surface area contributed by atoms with Crippen LogP contribution in [0, 0.1) is 6.92 Å². The lowest BCUT2D eigenvalue weighted by molar-refractivity contribution is 0.660. The molecule has 0 bridgehead atoms. The van der Waals surface area contributed by atoms with Crippen LogP contribution in [0.5, 0.6) is 0 Å². The van der Waals surface area contributed by atoms with Gasteiger partial charge >= 0.3 is 0 Å². The van der Waals surface area contributed by atoms with E-state index in [1.54, 1.807) is 0 Å². The Morgan fingerprint density at radius 3 is 2.47 bits per heavy atom. The summed E-state index contributed by atoms with van der Waals surface area (Å²) >= 11 is 1.99. The molecule has 0 fully saturated rings. The third kappa shape index (κ3) is 6.11. The first-order valence-corrected chi connectivity index (χ1v) is 22.2. The summed E-state index contributed by atoms with van der Waals surface area (Å²) in [7, 11) is 0. The Labute approximate surface area is 353 Å². The molecule has 7 aromatic rings. The fraction of sp³-hybridized carbons (Fsp3) is 0.193. The van der Waals surface area contributed by atoms with Crippen LogP contribution >= 0.6 is 11.3 Å². The molecular formula is C57H51NS. The molecule has 0 unspecified atom stereocenters. The lowest BCUT2D eigenvalue weighted by Crippen LogP contribution is -2.15. The molecule has 1 nitrogen and oxygen atoms in total. The number of hydrogen-bond donors (Lipinski definition) is 0. The van der Waals surface area contributed by atoms with Gasteiger partial charge in [0.1, 0.15) is 0 Å². The number of thiophene rings is 1. The van der Waals surface area contributed by atoms with E-state index in [4.69, 9.17) is 0 Å². The van der Waals surface area contributed by atoms with Crippen molar-refractivity contribution in [2.75, 3.05) is 0 Å². The van der Waals surface area contributed by atoms with Crippen molar-refractivity contribution < 1.29 is 0 Å². The quantitative estimate of drug-likeness (QED) is 0.135. The maximum Gasteiger partial charge on any atom is 0.0538 e. The topological polar surface area (TPSA) is 4.93 Å². The molecule has 5 aromatic carbocycles. The van der Waals surface area contributed by atoms with Crippen LogP contribution in [0.2, 0.25) is 0 Å². The first-order valence-electron chi connectivity index (χ1n) is 21.4. The van der Waals surface area contributed by atoms with E-state index in [9.17, 15) is 0 Å². The van der Waals surface area contributed by atoms with Crippen molar-refractivity contribution in [3.8, 4) is 27.9 Å². The molecule has 59 heavy (non-hydrogen) atoms. The molecule has 0 N–H and O–H groups in total. The summed E-state index contributed by atoms with van der Waals surface area (Å²) in [5.41, 5.74) is 22.3. The monoisotopic (exact) mass is 781 g/mol. The Hall–Kier alpha value is -5.96. The third-order valence-corrected chi connectivity index (χ3v) is 14.5. The molecule has 0 aliphatic heterocycles. The second-order valence-electron chi connectivity index (χ2n) is 17.0. The molecular weight excluding hydrogens is 731 g/mol. The molecule has 0 saturated carbocycles. The van der Waals surface area contributed by atoms with Crippen molar-refractivity contribution in [3.05, 3.63) is 195 Å². The van der Waals surface area contributed by atoms with Crippen LogP contribution in [-0.2, 0) is 18.3 Å². The predicted octanol–water partition coefficient (Wildman–Crippen LogP) is 16.1. The van der Waals surface area contributed by atoms with Crippen molar-refractivity contribution in [2.45, 2.75) is 72.1 Å². The fourth-order valence-electron chi connectivity index (χ4n) is 10.0. The minimum atomic E-state index is -0.108. The van der Waals surface area contributed by atoms with E-state index in [-0.39, 0.29) is 5.41 Å². The zero-order chi connectivity index (χ0) is 40.4. The summed E-state index contributed by atoms with van der Waals surface area (Å²) in [6, 6.07) is 37.0. The van der Waals surface area contributed by atoms with E-state index < -0.39 is 0 Å². The van der Waals surface area contributed by atoms with E-state index in [1.165, 1.54) is 115 Å². The number of aryl methyl sites for hydroxylation is 2. The summed E-state index contributed by atoms with van der Waals surface area (Å²) < 4.78 is 4.03. The van der Waals surface area contributed by atoms with Gasteiger partial charge in [0, 0.05) is 42.9 Å². The SMILES string of the molecule is C=C/C(=C\c1ccccc1C)C1=Cc2c(n(-c3ccc4c(c3)C(C)(C)c3ccc5c6c(sc5c3-4)C=CCC6)c3ccc(-c4ccc(C(/C=C\CC)=C/C)cc4)cc23)CC1. The highest BCUT2D eigenvalue weighted by atomic mass is 32.1. The molecule has 3 aliphatic carbocycles. The number of aromatic nitrogens is 1. The molecule has 3 aliphatic rings. The number of rotatable bonds is 8. The normalized spacial score (nSPS) is 15.7. The van der Waals surface area contributed by atoms with Gasteiger partial charge in [-0.1, -0.05) is 131 Å². The average Bonchev–Trinajstić information content (AvgIpc) is 3.88. The summed E-state index contributed by atoms with van der Waals surface area (Å²) in [6.45, 7) is 15.6. The first kappa shape index (κ1) is 37.3. The van der Waals surface area contributed by atoms with E-state index in [1.807, 2.05) is 17.4 Å². The van der Waals surface area contributed by atoms with Gasteiger partial charge in [-0.25, -0.2) is 0 Å². The molecule has 0 spiro atoms. The molecule has 2 heteroatoms. The van der Waals surface area contributed by atoms with E-state index in [0.29, 0.717) is 0 Å². The van der Waals surface area contributed by atoms with Gasteiger partial charge in [-0.05, 0) is 161 Å². The number of allylic oxidation sites excluding steroid dienone is 8. The molecule has 2 heterocycles. The first-order chi connectivity index (χ1) is 28.8. The van der Waals surface area contributed by atoms with Crippen molar-refractivity contribution in [1.29, 1.82) is 0 Å². The van der Waals surface area contributed by atoms with Gasteiger partial charge in [0.15, 0.2) is 0 Å². The van der Waals surface area contributed by atoms with Crippen LogP contribution in [0.25, 0.3) is 72.7 Å². The van der Waals surface area contributed by atoms with Crippen LogP contribution in [0.3, 0.4) is 0 Å². The lowest BCUT2D eigenvalue weighted by Gasteiger charge is -2.23. The third-order valence-electron chi connectivity index (χ3n) is 13.2. The van der Waals surface area contributed by atoms with Crippen LogP contribution < -0.4 is 0 Å². The molecule has 0 radical (unpaired) electrons. The Morgan fingerprint density at radius 1 is 0.847 bits per heavy atom. The van der Waals surface area contributed by atoms with Crippen LogP contribution in [-0.4, -0.2) is 4.57 Å². The average molecular weight is 782 g/mol. The molecule has 0 amide bonds. The minimum Gasteiger partial charge on any atom is -0.313 e. The lowest BCUT2D eigenvalue weighted by atomic mass is 9.82. The van der Waals surface area contributed by atoms with Gasteiger partial charge < -0.3 is 4.57 Å². The molecule has 10 rings (SSSR count). The van der Waals surface area contributed by atoms with Gasteiger partial charge in [0.05, 0.1) is 5.52 Å². The molecule has 290 valence electrons. The summed E-state index contributed by atoms with van der Waals surface area (Å²) in [4.78, 5) is 1.44. The van der Waals surface area contributed by atoms with Crippen molar-refractivity contribution in [1.82, 2.24) is 4.57 Å². The maximum absolute atomic E-state index is 4.31. The smallest absolute Gasteiger partial charge is 0.0538 e. The summed E-state index contributed by atoms with van der Waals surface area (Å²) in [5, 5.41) is 2.74. The van der Waals surface area contributed by atoms with Crippen LogP contribution in [0.15, 0.2) is 145 Å². The van der Waals surface area contributed by atoms with Gasteiger partial charge in [-0.2, -0.15) is 0 Å². The highest BCUT2D eigenvalue weighted by Crippen LogP contribution is 2.54. The van der Waals surface area contributed by atoms with Crippen LogP contribution in [0.1, 0.15) is 96.5 Å². The standard InChI is InChI=1S/C57H51NS/c1-7-10-16-37(8-2)39-20-22-40(23-21-39)43-25-31-53-49(34-43)48-33-42(38(9-3)32-41-17-12-11-15-36(41)4)24-30-52(48)58(53)44-26-27-47-51(35-44)57(5,6)50-29-28-46-45-18-13-14-19-54(45)59-56(46)55(47)50/h8-12,14-17,19-23,25-29,31-35H,3,7,13,18,24,30H2,1-2,4-6H3/b16-10-,37-8+,38-32+. The Morgan fingerprint density at radius 2 is 1.68 bits per heavy atom. The molecule has 0 atom stereocenters. The number of benzene rings is 5. The van der Waals surface area contributed by atoms with Crippen molar-refractivity contribution >= 4 is 56.1 Å². The van der Waals surface area contributed by atoms with Crippen molar-refractivity contribution in [3.63, 3.8) is 0 Å². The highest BCUT2D eigenvalue weighted by molar-refractivity contribution is 7.20. The summed E-state index contributed by atoms with van der Waals surface area (Å²) in [5.74, 6) is 0. The highest BCUT2D eigenvalue weighted by Gasteiger charge is 2.38. The van der Waals surface area contributed by atoms with Gasteiger partial charge in [0.25, 0.3) is 0 Å². The minimum absolute atomic E-state index is 0.108. The Bertz CT molecular complexity index is 3010. The number of hydrogen-bond acceptors (Lipinski definition) is 1. The van der Waals surface area contributed by atoms with Gasteiger partial charge in [-0.3, -0.25) is 0 Å². The van der Waals surface area contributed by atoms with E-state index in [0.717, 1.165) is 32.1 Å². The predicted molar refractivity (Wildman–Crippen MR) is 258 cm³/mol. The largest absolute Gasteiger partial charge is 0.313 e. The number of nitrogens with zero attached hydrogens (tertiary/aromatic N) is 1. The maximum atomic E-state index is 4.31. The zero-order valence-electron chi connectivity index (χ0n) is 35.0. The second kappa shape index (κ2) is 14.7. The van der Waals surface area contributed by atoms with E-state index in [2.05, 4.69) is 185 Å². The van der Waals surface area contributed by atoms with E-state index >= 15 is 0 Å². The van der Waals surface area contributed by atoms with Gasteiger partial charge in [-0.15, -0.1) is 11.3 Å². The Balaban J connectivity index is 1.13. The van der Waals surface area contributed by atoms with Gasteiger partial charge in [0.2, 0.25) is 0 Å². The summed E-state index contributed by atoms with van der Waals surface area (Å²) in [6.07, 6.45) is 23.4. The number of fused-ring (bicyclic) bond motifs is 10. The van der Waals surface area contributed by atoms with Crippen LogP contribution in [0.4, 0.5) is 0 Å². The zero-order valence-corrected chi connectivity index (χ0v) is 35.8. The fourth-order valence-corrected chi connectivity index (χ4v) is 11.4. The molecule has 0 saturated heterocycles. The Kier molecular flexibility index (Phi) is 9.30.